The van der Waals surface area contributed by atoms with Gasteiger partial charge in [0, 0.05) is 29.5 Å². The molecule has 136 valence electrons. The number of aromatic nitrogens is 4. The molecule has 0 unspecified atom stereocenters. The highest BCUT2D eigenvalue weighted by molar-refractivity contribution is 5.86. The van der Waals surface area contributed by atoms with Crippen LogP contribution in [0.4, 0.5) is 13.2 Å². The summed E-state index contributed by atoms with van der Waals surface area (Å²) in [7, 11) is 0. The molecule has 0 amide bonds. The van der Waals surface area contributed by atoms with Crippen molar-refractivity contribution in [1.29, 1.82) is 0 Å². The quantitative estimate of drug-likeness (QED) is 0.553. The summed E-state index contributed by atoms with van der Waals surface area (Å²) in [6.07, 6.45) is 0.984. The molecule has 0 atom stereocenters. The van der Waals surface area contributed by atoms with Crippen molar-refractivity contribution in [2.45, 2.75) is 6.18 Å². The Morgan fingerprint density at radius 3 is 2.56 bits per heavy atom. The van der Waals surface area contributed by atoms with Gasteiger partial charge in [0.2, 0.25) is 0 Å². The highest BCUT2D eigenvalue weighted by atomic mass is 19.4. The summed E-state index contributed by atoms with van der Waals surface area (Å²) >= 11 is 0. The summed E-state index contributed by atoms with van der Waals surface area (Å²) in [5, 5.41) is 4.80. The van der Waals surface area contributed by atoms with E-state index in [1.165, 1.54) is 18.5 Å². The fraction of sp³-hybridized carbons (Fsp3) is 0.0556. The fourth-order valence-electron chi connectivity index (χ4n) is 2.65. The van der Waals surface area contributed by atoms with Crippen LogP contribution in [0, 0.1) is 0 Å². The second-order valence-electron chi connectivity index (χ2n) is 5.63. The number of halogens is 3. The van der Waals surface area contributed by atoms with E-state index in [0.717, 1.165) is 11.1 Å². The van der Waals surface area contributed by atoms with Gasteiger partial charge in [0.25, 0.3) is 0 Å². The van der Waals surface area contributed by atoms with Gasteiger partial charge in [-0.15, -0.1) is 0 Å². The Hall–Kier alpha value is -3.62. The summed E-state index contributed by atoms with van der Waals surface area (Å²) in [5.41, 5.74) is 2.51. The van der Waals surface area contributed by atoms with Gasteiger partial charge in [0.15, 0.2) is 5.65 Å². The lowest BCUT2D eigenvalue weighted by atomic mass is 10.1. The summed E-state index contributed by atoms with van der Waals surface area (Å²) in [5.74, 6) is -2.32. The van der Waals surface area contributed by atoms with Gasteiger partial charge >= 0.3 is 12.1 Å². The van der Waals surface area contributed by atoms with Crippen LogP contribution in [0.15, 0.2) is 67.3 Å². The lowest BCUT2D eigenvalue weighted by Gasteiger charge is -2.08. The Balaban J connectivity index is 1.72. The molecular formula is C18H11F3N4O2. The number of nitrogens with zero attached hydrogens (tertiary/aromatic N) is 4. The van der Waals surface area contributed by atoms with E-state index in [1.54, 1.807) is 23.1 Å². The molecule has 0 fully saturated rings. The normalized spacial score (nSPS) is 11.7. The first kappa shape index (κ1) is 16.8. The molecule has 1 aromatic carbocycles. The summed E-state index contributed by atoms with van der Waals surface area (Å²) in [6.45, 7) is 0. The standard InChI is InChI=1S/C18H11F3N4O2/c19-18(20,21)17(26)27-25-9-7-14-15(6-8-22-16(14)25)24-11-13(10-23-24)12-4-2-1-3-5-12/h1-11H. The number of rotatable bonds is 3. The Morgan fingerprint density at radius 1 is 1.04 bits per heavy atom. The van der Waals surface area contributed by atoms with Crippen LogP contribution in [0.5, 0.6) is 0 Å². The van der Waals surface area contributed by atoms with E-state index in [9.17, 15) is 18.0 Å². The van der Waals surface area contributed by atoms with Gasteiger partial charge < -0.3 is 4.84 Å². The largest absolute Gasteiger partial charge is 0.493 e. The van der Waals surface area contributed by atoms with Crippen molar-refractivity contribution in [2.75, 3.05) is 0 Å². The first-order valence-electron chi connectivity index (χ1n) is 7.79. The van der Waals surface area contributed by atoms with Gasteiger partial charge in [-0.25, -0.2) is 14.5 Å². The molecule has 4 rings (SSSR count). The SMILES string of the molecule is O=C(On1ccc2c(-n3cc(-c4ccccc4)cn3)ccnc21)C(F)(F)F. The van der Waals surface area contributed by atoms with Gasteiger partial charge in [0.1, 0.15) is 0 Å². The predicted molar refractivity (Wildman–Crippen MR) is 89.9 cm³/mol. The molecule has 0 saturated heterocycles. The first-order chi connectivity index (χ1) is 12.9. The molecule has 27 heavy (non-hydrogen) atoms. The average Bonchev–Trinajstić information content (AvgIpc) is 3.29. The number of carbonyl (C=O) groups excluding carboxylic acids is 1. The van der Waals surface area contributed by atoms with E-state index in [-0.39, 0.29) is 5.65 Å². The van der Waals surface area contributed by atoms with E-state index in [1.807, 2.05) is 30.3 Å². The number of hydrogen-bond donors (Lipinski definition) is 0. The lowest BCUT2D eigenvalue weighted by molar-refractivity contribution is -0.199. The van der Waals surface area contributed by atoms with Crippen molar-refractivity contribution in [3.8, 4) is 16.8 Å². The van der Waals surface area contributed by atoms with Crippen LogP contribution in [0.1, 0.15) is 0 Å². The van der Waals surface area contributed by atoms with Gasteiger partial charge in [-0.3, -0.25) is 0 Å². The number of carbonyl (C=O) groups is 1. The van der Waals surface area contributed by atoms with Crippen molar-refractivity contribution >= 4 is 17.0 Å². The van der Waals surface area contributed by atoms with Gasteiger partial charge in [-0.2, -0.15) is 23.0 Å². The highest BCUT2D eigenvalue weighted by Crippen LogP contribution is 2.25. The van der Waals surface area contributed by atoms with Crippen LogP contribution in [0.3, 0.4) is 0 Å². The topological polar surface area (TPSA) is 61.9 Å². The molecule has 0 spiro atoms. The van der Waals surface area contributed by atoms with Crippen molar-refractivity contribution < 1.29 is 22.8 Å². The zero-order valence-electron chi connectivity index (χ0n) is 13.6. The van der Waals surface area contributed by atoms with Crippen molar-refractivity contribution in [3.63, 3.8) is 0 Å². The molecule has 6 nitrogen and oxygen atoms in total. The van der Waals surface area contributed by atoms with Crippen molar-refractivity contribution in [1.82, 2.24) is 19.5 Å². The molecule has 3 aromatic heterocycles. The third-order valence-electron chi connectivity index (χ3n) is 3.88. The molecule has 9 heteroatoms. The Bertz CT molecular complexity index is 1120. The van der Waals surface area contributed by atoms with Gasteiger partial charge in [-0.1, -0.05) is 30.3 Å². The van der Waals surface area contributed by atoms with Gasteiger partial charge in [-0.05, 0) is 17.7 Å². The molecular weight excluding hydrogens is 361 g/mol. The molecule has 0 bridgehead atoms. The van der Waals surface area contributed by atoms with E-state index in [0.29, 0.717) is 15.8 Å². The number of benzene rings is 1. The third kappa shape index (κ3) is 3.14. The molecule has 0 N–H and O–H groups in total. The van der Waals surface area contributed by atoms with E-state index in [4.69, 9.17) is 0 Å². The van der Waals surface area contributed by atoms with Crippen molar-refractivity contribution in [3.05, 3.63) is 67.3 Å². The average molecular weight is 372 g/mol. The monoisotopic (exact) mass is 372 g/mol. The minimum Gasteiger partial charge on any atom is -0.326 e. The minimum absolute atomic E-state index is 0.0712. The fourth-order valence-corrected chi connectivity index (χ4v) is 2.65. The number of alkyl halides is 3. The van der Waals surface area contributed by atoms with Crippen LogP contribution in [-0.2, 0) is 4.79 Å². The molecule has 3 heterocycles. The van der Waals surface area contributed by atoms with Crippen LogP contribution in [0.2, 0.25) is 0 Å². The molecule has 0 aliphatic rings. The maximum absolute atomic E-state index is 12.4. The lowest BCUT2D eigenvalue weighted by Crippen LogP contribution is -2.33. The van der Waals surface area contributed by atoms with Crippen molar-refractivity contribution in [2.24, 2.45) is 0 Å². The molecule has 0 saturated carbocycles. The Kier molecular flexibility index (Phi) is 3.91. The Morgan fingerprint density at radius 2 is 1.81 bits per heavy atom. The molecule has 0 aliphatic heterocycles. The minimum atomic E-state index is -5.10. The number of pyridine rings is 1. The summed E-state index contributed by atoms with van der Waals surface area (Å²) in [6, 6.07) is 12.8. The maximum Gasteiger partial charge on any atom is 0.493 e. The second-order valence-corrected chi connectivity index (χ2v) is 5.63. The van der Waals surface area contributed by atoms with Crippen LogP contribution < -0.4 is 4.84 Å². The van der Waals surface area contributed by atoms with E-state index < -0.39 is 12.1 Å². The maximum atomic E-state index is 12.4. The predicted octanol–water partition coefficient (Wildman–Crippen LogP) is 3.41. The summed E-state index contributed by atoms with van der Waals surface area (Å²) < 4.78 is 39.6. The molecule has 0 radical (unpaired) electrons. The zero-order valence-corrected chi connectivity index (χ0v) is 13.6. The van der Waals surface area contributed by atoms with Crippen LogP contribution >= 0.6 is 0 Å². The van der Waals surface area contributed by atoms with Crippen LogP contribution in [-0.4, -0.2) is 31.6 Å². The third-order valence-corrected chi connectivity index (χ3v) is 3.88. The first-order valence-corrected chi connectivity index (χ1v) is 7.79. The van der Waals surface area contributed by atoms with E-state index >= 15 is 0 Å². The summed E-state index contributed by atoms with van der Waals surface area (Å²) in [4.78, 5) is 19.4. The van der Waals surface area contributed by atoms with Crippen LogP contribution in [0.25, 0.3) is 27.8 Å². The second kappa shape index (κ2) is 6.27. The molecule has 0 aliphatic carbocycles. The highest BCUT2D eigenvalue weighted by Gasteiger charge is 2.42. The van der Waals surface area contributed by atoms with E-state index in [2.05, 4.69) is 14.9 Å². The molecule has 4 aromatic rings. The number of fused-ring (bicyclic) bond motifs is 1. The Labute approximate surface area is 150 Å². The van der Waals surface area contributed by atoms with Gasteiger partial charge in [0.05, 0.1) is 11.9 Å². The zero-order chi connectivity index (χ0) is 19.0. The number of hydrogen-bond acceptors (Lipinski definition) is 4. The smallest absolute Gasteiger partial charge is 0.326 e.